The molecule has 1 heterocycles. The highest BCUT2D eigenvalue weighted by Crippen LogP contribution is 2.54. The Hall–Kier alpha value is -0.0800. The molecule has 2 aliphatic rings. The van der Waals surface area contributed by atoms with Crippen molar-refractivity contribution < 1.29 is 0 Å². The lowest BCUT2D eigenvalue weighted by molar-refractivity contribution is -0.0314. The summed E-state index contributed by atoms with van der Waals surface area (Å²) >= 11 is 0. The second-order valence-corrected chi connectivity index (χ2v) is 7.06. The van der Waals surface area contributed by atoms with Gasteiger partial charge in [-0.2, -0.15) is 0 Å². The molecule has 17 heavy (non-hydrogen) atoms. The van der Waals surface area contributed by atoms with Crippen LogP contribution in [0.15, 0.2) is 0 Å². The van der Waals surface area contributed by atoms with Gasteiger partial charge in [0.15, 0.2) is 0 Å². The van der Waals surface area contributed by atoms with Crippen molar-refractivity contribution in [2.45, 2.75) is 39.5 Å². The molecule has 2 fully saturated rings. The first kappa shape index (κ1) is 13.4. The van der Waals surface area contributed by atoms with Crippen molar-refractivity contribution >= 4 is 0 Å². The maximum absolute atomic E-state index is 2.66. The number of hydrogen-bond donors (Lipinski definition) is 0. The van der Waals surface area contributed by atoms with Gasteiger partial charge in [-0.25, -0.2) is 0 Å². The van der Waals surface area contributed by atoms with Gasteiger partial charge in [0.25, 0.3) is 0 Å². The average molecular weight is 238 g/mol. The van der Waals surface area contributed by atoms with Crippen LogP contribution in [-0.2, 0) is 0 Å². The summed E-state index contributed by atoms with van der Waals surface area (Å²) in [5.74, 6) is 1.94. The molecule has 0 aromatic heterocycles. The number of hydrogen-bond acceptors (Lipinski definition) is 2. The molecule has 2 rings (SSSR count). The van der Waals surface area contributed by atoms with E-state index in [9.17, 15) is 0 Å². The van der Waals surface area contributed by atoms with Crippen molar-refractivity contribution in [3.63, 3.8) is 0 Å². The lowest BCUT2D eigenvalue weighted by Crippen LogP contribution is -2.49. The molecule has 0 N–H and O–H groups in total. The van der Waals surface area contributed by atoms with Crippen molar-refractivity contribution in [1.29, 1.82) is 0 Å². The van der Waals surface area contributed by atoms with E-state index < -0.39 is 0 Å². The summed E-state index contributed by atoms with van der Waals surface area (Å²) in [6, 6.07) is 0. The van der Waals surface area contributed by atoms with Crippen molar-refractivity contribution in [3.8, 4) is 0 Å². The summed E-state index contributed by atoms with van der Waals surface area (Å²) in [4.78, 5) is 4.95. The fraction of sp³-hybridized carbons (Fsp3) is 1.00. The maximum Gasteiger partial charge on any atom is 0.0109 e. The first-order valence-corrected chi connectivity index (χ1v) is 7.38. The second-order valence-electron chi connectivity index (χ2n) is 7.06. The van der Waals surface area contributed by atoms with Gasteiger partial charge in [-0.3, -0.25) is 0 Å². The van der Waals surface area contributed by atoms with Crippen LogP contribution < -0.4 is 0 Å². The zero-order valence-electron chi connectivity index (χ0n) is 12.2. The van der Waals surface area contributed by atoms with E-state index >= 15 is 0 Å². The summed E-state index contributed by atoms with van der Waals surface area (Å²) in [5.41, 5.74) is 0.767. The predicted molar refractivity (Wildman–Crippen MR) is 74.2 cm³/mol. The summed E-state index contributed by atoms with van der Waals surface area (Å²) < 4.78 is 0. The first-order chi connectivity index (χ1) is 8.01. The number of rotatable bonds is 4. The smallest absolute Gasteiger partial charge is 0.0109 e. The van der Waals surface area contributed by atoms with E-state index in [1.807, 2.05) is 0 Å². The highest BCUT2D eigenvalue weighted by Gasteiger charge is 2.46. The molecular weight excluding hydrogens is 208 g/mol. The molecule has 1 aliphatic heterocycles. The SMILES string of the molecule is CC(C)C1CC2(CCN(CCN(C)C)CC2)C1. The highest BCUT2D eigenvalue weighted by atomic mass is 15.2. The van der Waals surface area contributed by atoms with Gasteiger partial charge in [-0.1, -0.05) is 13.8 Å². The molecule has 1 saturated heterocycles. The Kier molecular flexibility index (Phi) is 4.14. The van der Waals surface area contributed by atoms with Gasteiger partial charge >= 0.3 is 0 Å². The van der Waals surface area contributed by atoms with Crippen LogP contribution in [0.25, 0.3) is 0 Å². The molecule has 100 valence electrons. The van der Waals surface area contributed by atoms with Gasteiger partial charge in [-0.15, -0.1) is 0 Å². The summed E-state index contributed by atoms with van der Waals surface area (Å²) in [6.07, 6.45) is 5.96. The molecule has 0 bridgehead atoms. The van der Waals surface area contributed by atoms with Crippen molar-refractivity contribution in [2.75, 3.05) is 40.3 Å². The van der Waals surface area contributed by atoms with Crippen LogP contribution in [0.3, 0.4) is 0 Å². The Balaban J connectivity index is 1.69. The molecule has 0 radical (unpaired) electrons. The van der Waals surface area contributed by atoms with Crippen molar-refractivity contribution in [1.82, 2.24) is 9.80 Å². The lowest BCUT2D eigenvalue weighted by atomic mass is 9.55. The summed E-state index contributed by atoms with van der Waals surface area (Å²) in [6.45, 7) is 9.95. The predicted octanol–water partition coefficient (Wildman–Crippen LogP) is 2.70. The van der Waals surface area contributed by atoms with Gasteiger partial charge in [0.05, 0.1) is 0 Å². The third-order valence-electron chi connectivity index (χ3n) is 5.11. The van der Waals surface area contributed by atoms with E-state index in [2.05, 4.69) is 37.7 Å². The zero-order chi connectivity index (χ0) is 12.5. The molecule has 0 aromatic carbocycles. The monoisotopic (exact) mass is 238 g/mol. The van der Waals surface area contributed by atoms with Gasteiger partial charge in [0.1, 0.15) is 0 Å². The number of likely N-dealkylation sites (N-methyl/N-ethyl adjacent to an activating group) is 1. The van der Waals surface area contributed by atoms with Crippen LogP contribution in [0.2, 0.25) is 0 Å². The largest absolute Gasteiger partial charge is 0.308 e. The minimum atomic E-state index is 0.767. The van der Waals surface area contributed by atoms with E-state index in [0.29, 0.717) is 0 Å². The van der Waals surface area contributed by atoms with Crippen LogP contribution in [0.1, 0.15) is 39.5 Å². The van der Waals surface area contributed by atoms with Crippen LogP contribution in [0.5, 0.6) is 0 Å². The minimum Gasteiger partial charge on any atom is -0.308 e. The molecule has 0 unspecified atom stereocenters. The van der Waals surface area contributed by atoms with Gasteiger partial charge in [-0.05, 0) is 70.1 Å². The van der Waals surface area contributed by atoms with Gasteiger partial charge < -0.3 is 9.80 Å². The van der Waals surface area contributed by atoms with Crippen molar-refractivity contribution in [2.24, 2.45) is 17.3 Å². The number of likely N-dealkylation sites (tertiary alicyclic amines) is 1. The molecule has 2 nitrogen and oxygen atoms in total. The van der Waals surface area contributed by atoms with Crippen LogP contribution in [-0.4, -0.2) is 50.1 Å². The normalized spacial score (nSPS) is 25.8. The van der Waals surface area contributed by atoms with E-state index in [4.69, 9.17) is 0 Å². The molecule has 1 spiro atoms. The summed E-state index contributed by atoms with van der Waals surface area (Å²) in [7, 11) is 4.34. The Morgan fingerprint density at radius 3 is 2.24 bits per heavy atom. The number of nitrogens with zero attached hydrogens (tertiary/aromatic N) is 2. The highest BCUT2D eigenvalue weighted by molar-refractivity contribution is 4.97. The standard InChI is InChI=1S/C15H30N2/c1-13(2)14-11-15(12-14)5-7-17(8-6-15)10-9-16(3)4/h13-14H,5-12H2,1-4H3. The average Bonchev–Trinajstić information content (AvgIpc) is 2.23. The van der Waals surface area contributed by atoms with Crippen LogP contribution in [0, 0.1) is 17.3 Å². The fourth-order valence-corrected chi connectivity index (χ4v) is 3.52. The van der Waals surface area contributed by atoms with E-state index in [1.54, 1.807) is 0 Å². The summed E-state index contributed by atoms with van der Waals surface area (Å²) in [5, 5.41) is 0. The van der Waals surface area contributed by atoms with E-state index in [1.165, 1.54) is 51.9 Å². The van der Waals surface area contributed by atoms with Crippen LogP contribution in [0.4, 0.5) is 0 Å². The molecular formula is C15H30N2. The van der Waals surface area contributed by atoms with E-state index in [0.717, 1.165) is 17.3 Å². The Labute approximate surface area is 107 Å². The second kappa shape index (κ2) is 5.27. The van der Waals surface area contributed by atoms with E-state index in [-0.39, 0.29) is 0 Å². The Morgan fingerprint density at radius 1 is 1.18 bits per heavy atom. The quantitative estimate of drug-likeness (QED) is 0.743. The Morgan fingerprint density at radius 2 is 1.76 bits per heavy atom. The molecule has 0 amide bonds. The molecule has 2 heteroatoms. The maximum atomic E-state index is 2.66. The third kappa shape index (κ3) is 3.23. The van der Waals surface area contributed by atoms with Crippen LogP contribution >= 0.6 is 0 Å². The molecule has 1 aliphatic carbocycles. The minimum absolute atomic E-state index is 0.767. The first-order valence-electron chi connectivity index (χ1n) is 7.38. The van der Waals surface area contributed by atoms with Gasteiger partial charge in [0.2, 0.25) is 0 Å². The number of piperidine rings is 1. The molecule has 0 atom stereocenters. The lowest BCUT2D eigenvalue weighted by Gasteiger charge is -2.54. The molecule has 0 aromatic rings. The third-order valence-corrected chi connectivity index (χ3v) is 5.11. The van der Waals surface area contributed by atoms with Gasteiger partial charge in [0, 0.05) is 13.1 Å². The zero-order valence-corrected chi connectivity index (χ0v) is 12.2. The topological polar surface area (TPSA) is 6.48 Å². The van der Waals surface area contributed by atoms with Crippen molar-refractivity contribution in [3.05, 3.63) is 0 Å². The molecule has 1 saturated carbocycles. The fourth-order valence-electron chi connectivity index (χ4n) is 3.52. The Bertz CT molecular complexity index is 231.